The molecule has 0 saturated carbocycles. The number of hydrogen-bond acceptors (Lipinski definition) is 3. The number of aliphatic imine (C=N–C) groups is 1. The second-order valence-electron chi connectivity index (χ2n) is 4.21. The maximum absolute atomic E-state index is 9.87. The summed E-state index contributed by atoms with van der Waals surface area (Å²) in [6, 6.07) is 14.2. The molecule has 2 aromatic carbocycles. The third-order valence-electron chi connectivity index (χ3n) is 2.92. The van der Waals surface area contributed by atoms with Crippen molar-refractivity contribution in [2.24, 2.45) is 4.99 Å². The van der Waals surface area contributed by atoms with Gasteiger partial charge in [-0.05, 0) is 30.3 Å². The summed E-state index contributed by atoms with van der Waals surface area (Å²) in [6.45, 7) is 0. The number of H-pyrrole nitrogens is 1. The number of aromatic hydroxyl groups is 2. The Balaban J connectivity index is 2.01. The maximum atomic E-state index is 9.87. The van der Waals surface area contributed by atoms with Crippen molar-refractivity contribution in [1.29, 1.82) is 0 Å². The molecule has 0 amide bonds. The Morgan fingerprint density at radius 2 is 1.68 bits per heavy atom. The average molecular weight is 252 g/mol. The van der Waals surface area contributed by atoms with E-state index in [1.807, 2.05) is 24.3 Å². The van der Waals surface area contributed by atoms with Crippen molar-refractivity contribution < 1.29 is 10.2 Å². The molecule has 3 aromatic rings. The van der Waals surface area contributed by atoms with Crippen LogP contribution in [0, 0.1) is 0 Å². The average Bonchev–Trinajstić information content (AvgIpc) is 2.74. The summed E-state index contributed by atoms with van der Waals surface area (Å²) in [5.74, 6) is 0.303. The number of aromatic nitrogens is 1. The van der Waals surface area contributed by atoms with Gasteiger partial charge < -0.3 is 15.2 Å². The Hall–Kier alpha value is -2.75. The monoisotopic (exact) mass is 252 g/mol. The largest absolute Gasteiger partial charge is 0.508 e. The highest BCUT2D eigenvalue weighted by Crippen LogP contribution is 2.26. The first kappa shape index (κ1) is 11.3. The first-order chi connectivity index (χ1) is 9.24. The van der Waals surface area contributed by atoms with Crippen molar-refractivity contribution in [2.75, 3.05) is 0 Å². The quantitative estimate of drug-likeness (QED) is 0.612. The minimum atomic E-state index is 0.101. The number of benzene rings is 2. The van der Waals surface area contributed by atoms with E-state index < -0.39 is 0 Å². The van der Waals surface area contributed by atoms with E-state index in [4.69, 9.17) is 0 Å². The van der Waals surface area contributed by atoms with Crippen LogP contribution in [-0.4, -0.2) is 21.4 Å². The van der Waals surface area contributed by atoms with Gasteiger partial charge >= 0.3 is 0 Å². The summed E-state index contributed by atoms with van der Waals surface area (Å²) in [7, 11) is 0. The van der Waals surface area contributed by atoms with E-state index in [-0.39, 0.29) is 11.6 Å². The van der Waals surface area contributed by atoms with E-state index in [0.29, 0.717) is 11.3 Å². The summed E-state index contributed by atoms with van der Waals surface area (Å²) >= 11 is 0. The van der Waals surface area contributed by atoms with E-state index in [0.717, 1.165) is 10.9 Å². The van der Waals surface area contributed by atoms with Crippen molar-refractivity contribution in [3.05, 3.63) is 54.1 Å². The summed E-state index contributed by atoms with van der Waals surface area (Å²) in [5.41, 5.74) is 2.23. The molecule has 1 heterocycles. The number of phenolic OH excluding ortho intramolecular Hbond substituents is 1. The van der Waals surface area contributed by atoms with E-state index in [1.165, 1.54) is 0 Å². The molecule has 0 aliphatic rings. The number of nitrogens with zero attached hydrogens (tertiary/aromatic N) is 1. The first-order valence-electron chi connectivity index (χ1n) is 5.87. The highest BCUT2D eigenvalue weighted by Gasteiger charge is 2.07. The van der Waals surface area contributed by atoms with Gasteiger partial charge in [0.25, 0.3) is 0 Å². The third kappa shape index (κ3) is 2.15. The van der Waals surface area contributed by atoms with E-state index >= 15 is 0 Å². The fraction of sp³-hybridized carbons (Fsp3) is 0. The number of aromatic amines is 1. The Labute approximate surface area is 109 Å². The van der Waals surface area contributed by atoms with Crippen molar-refractivity contribution in [2.45, 2.75) is 0 Å². The number of hydrogen-bond donors (Lipinski definition) is 3. The summed E-state index contributed by atoms with van der Waals surface area (Å²) in [5, 5.41) is 20.0. The van der Waals surface area contributed by atoms with Crippen molar-refractivity contribution >= 4 is 22.8 Å². The zero-order valence-electron chi connectivity index (χ0n) is 10.0. The predicted octanol–water partition coefficient (Wildman–Crippen LogP) is 3.33. The fourth-order valence-corrected chi connectivity index (χ4v) is 1.96. The molecule has 3 N–H and O–H groups in total. The van der Waals surface area contributed by atoms with Crippen LogP contribution in [0.2, 0.25) is 0 Å². The minimum Gasteiger partial charge on any atom is -0.508 e. The number of nitrogens with one attached hydrogen (secondary N) is 1. The topological polar surface area (TPSA) is 68.6 Å². The molecule has 0 radical (unpaired) electrons. The van der Waals surface area contributed by atoms with E-state index in [2.05, 4.69) is 9.98 Å². The lowest BCUT2D eigenvalue weighted by Crippen LogP contribution is -1.78. The SMILES string of the molecule is Oc1ccc(N=Cc2c(O)[nH]c3ccccc23)cc1. The molecule has 4 nitrogen and oxygen atoms in total. The third-order valence-corrected chi connectivity index (χ3v) is 2.92. The highest BCUT2D eigenvalue weighted by atomic mass is 16.3. The predicted molar refractivity (Wildman–Crippen MR) is 75.3 cm³/mol. The van der Waals surface area contributed by atoms with Crippen LogP contribution >= 0.6 is 0 Å². The second kappa shape index (κ2) is 4.49. The maximum Gasteiger partial charge on any atom is 0.198 e. The van der Waals surface area contributed by atoms with Gasteiger partial charge in [-0.2, -0.15) is 0 Å². The van der Waals surface area contributed by atoms with Crippen LogP contribution in [0.15, 0.2) is 53.5 Å². The number of para-hydroxylation sites is 1. The summed E-state index contributed by atoms with van der Waals surface area (Å²) in [4.78, 5) is 7.18. The lowest BCUT2D eigenvalue weighted by atomic mass is 10.2. The second-order valence-corrected chi connectivity index (χ2v) is 4.21. The molecule has 0 atom stereocenters. The Bertz CT molecular complexity index is 742. The molecule has 0 fully saturated rings. The van der Waals surface area contributed by atoms with Gasteiger partial charge in [0.05, 0.1) is 11.3 Å². The molecule has 0 bridgehead atoms. The first-order valence-corrected chi connectivity index (χ1v) is 5.87. The van der Waals surface area contributed by atoms with Gasteiger partial charge in [0.1, 0.15) is 5.75 Å². The molecule has 4 heteroatoms. The Kier molecular flexibility index (Phi) is 2.68. The number of phenols is 1. The van der Waals surface area contributed by atoms with Gasteiger partial charge in [-0.25, -0.2) is 0 Å². The van der Waals surface area contributed by atoms with Crippen molar-refractivity contribution in [3.8, 4) is 11.6 Å². The molecule has 0 aliphatic heterocycles. The standard InChI is InChI=1S/C15H12N2O2/c18-11-7-5-10(6-8-11)16-9-13-12-3-1-2-4-14(12)17-15(13)19/h1-9,17-19H. The van der Waals surface area contributed by atoms with Gasteiger partial charge in [-0.3, -0.25) is 4.99 Å². The van der Waals surface area contributed by atoms with Gasteiger partial charge in [0, 0.05) is 17.1 Å². The zero-order valence-corrected chi connectivity index (χ0v) is 10.0. The van der Waals surface area contributed by atoms with E-state index in [1.54, 1.807) is 30.5 Å². The van der Waals surface area contributed by atoms with Gasteiger partial charge in [-0.15, -0.1) is 0 Å². The lowest BCUT2D eigenvalue weighted by Gasteiger charge is -1.95. The van der Waals surface area contributed by atoms with Gasteiger partial charge in [0.2, 0.25) is 0 Å². The zero-order chi connectivity index (χ0) is 13.2. The number of rotatable bonds is 2. The van der Waals surface area contributed by atoms with Gasteiger partial charge in [-0.1, -0.05) is 18.2 Å². The molecule has 0 saturated heterocycles. The summed E-state index contributed by atoms with van der Waals surface area (Å²) < 4.78 is 0. The molecular formula is C15H12N2O2. The molecule has 94 valence electrons. The molecule has 3 rings (SSSR count). The van der Waals surface area contributed by atoms with Crippen LogP contribution in [0.3, 0.4) is 0 Å². The lowest BCUT2D eigenvalue weighted by molar-refractivity contribution is 0.457. The fourth-order valence-electron chi connectivity index (χ4n) is 1.96. The molecule has 0 spiro atoms. The summed E-state index contributed by atoms with van der Waals surface area (Å²) in [6.07, 6.45) is 1.61. The van der Waals surface area contributed by atoms with Crippen LogP contribution in [-0.2, 0) is 0 Å². The highest BCUT2D eigenvalue weighted by molar-refractivity contribution is 6.02. The van der Waals surface area contributed by atoms with Crippen LogP contribution in [0.5, 0.6) is 11.6 Å². The molecule has 0 aliphatic carbocycles. The molecule has 19 heavy (non-hydrogen) atoms. The minimum absolute atomic E-state index is 0.101. The molecule has 0 unspecified atom stereocenters. The Morgan fingerprint density at radius 3 is 2.47 bits per heavy atom. The molecule has 1 aromatic heterocycles. The van der Waals surface area contributed by atoms with Crippen LogP contribution in [0.4, 0.5) is 5.69 Å². The van der Waals surface area contributed by atoms with Crippen LogP contribution in [0.25, 0.3) is 10.9 Å². The van der Waals surface area contributed by atoms with Crippen molar-refractivity contribution in [3.63, 3.8) is 0 Å². The smallest absolute Gasteiger partial charge is 0.198 e. The van der Waals surface area contributed by atoms with Crippen LogP contribution < -0.4 is 0 Å². The van der Waals surface area contributed by atoms with Crippen molar-refractivity contribution in [1.82, 2.24) is 4.98 Å². The van der Waals surface area contributed by atoms with E-state index in [9.17, 15) is 10.2 Å². The molecular weight excluding hydrogens is 240 g/mol. The normalized spacial score (nSPS) is 11.4. The van der Waals surface area contributed by atoms with Crippen LogP contribution in [0.1, 0.15) is 5.56 Å². The Morgan fingerprint density at radius 1 is 0.947 bits per heavy atom. The van der Waals surface area contributed by atoms with Gasteiger partial charge in [0.15, 0.2) is 5.88 Å². The number of fused-ring (bicyclic) bond motifs is 1.